The van der Waals surface area contributed by atoms with Gasteiger partial charge in [0.1, 0.15) is 6.33 Å². The number of aliphatic hydroxyl groups is 1. The number of rotatable bonds is 10. The molecule has 43 heavy (non-hydrogen) atoms. The van der Waals surface area contributed by atoms with Gasteiger partial charge in [-0.3, -0.25) is 14.9 Å². The summed E-state index contributed by atoms with van der Waals surface area (Å²) in [6.45, 7) is 0.391. The molecule has 1 fully saturated rings. The summed E-state index contributed by atoms with van der Waals surface area (Å²) in [4.78, 5) is 20.8. The lowest BCUT2D eigenvalue weighted by Gasteiger charge is -2.36. The highest BCUT2D eigenvalue weighted by atomic mass is 32.2. The molecule has 0 saturated carbocycles. The second-order valence-corrected chi connectivity index (χ2v) is 11.2. The van der Waals surface area contributed by atoms with Crippen LogP contribution >= 0.6 is 11.8 Å². The second kappa shape index (κ2) is 13.7. The number of hydrogen-bond acceptors (Lipinski definition) is 8. The van der Waals surface area contributed by atoms with Gasteiger partial charge in [-0.25, -0.2) is 4.98 Å². The van der Waals surface area contributed by atoms with Crippen LogP contribution in [0.3, 0.4) is 0 Å². The number of thioether (sulfide) groups is 1. The largest absolute Gasteiger partial charge is 0.392 e. The van der Waals surface area contributed by atoms with E-state index in [1.807, 2.05) is 54.6 Å². The topological polar surface area (TPSA) is 122 Å². The zero-order valence-corrected chi connectivity index (χ0v) is 24.1. The lowest BCUT2D eigenvalue weighted by Crippen LogP contribution is -2.31. The Morgan fingerprint density at radius 3 is 2.53 bits per heavy atom. The van der Waals surface area contributed by atoms with Crippen LogP contribution in [0.25, 0.3) is 11.1 Å². The number of nitrogens with zero attached hydrogens (tertiary/aromatic N) is 3. The Morgan fingerprint density at radius 1 is 0.977 bits per heavy atom. The average Bonchev–Trinajstić information content (AvgIpc) is 3.61. The Kier molecular flexibility index (Phi) is 9.19. The van der Waals surface area contributed by atoms with Gasteiger partial charge >= 0.3 is 0 Å². The molecule has 1 saturated heterocycles. The van der Waals surface area contributed by atoms with Gasteiger partial charge in [-0.05, 0) is 39.9 Å². The summed E-state index contributed by atoms with van der Waals surface area (Å²) in [5, 5.41) is 20.0. The van der Waals surface area contributed by atoms with Crippen molar-refractivity contribution in [2.24, 2.45) is 0 Å². The molecule has 3 N–H and O–H groups in total. The maximum Gasteiger partial charge on any atom is 0.253 e. The van der Waals surface area contributed by atoms with E-state index in [1.165, 1.54) is 6.33 Å². The monoisotopic (exact) mass is 593 g/mol. The van der Waals surface area contributed by atoms with Crippen LogP contribution in [0.5, 0.6) is 0 Å². The number of pyridine rings is 1. The quantitative estimate of drug-likeness (QED) is 0.178. The van der Waals surface area contributed by atoms with Gasteiger partial charge in [-0.15, -0.1) is 0 Å². The summed E-state index contributed by atoms with van der Waals surface area (Å²) in [7, 11) is 0. The molecule has 10 heteroatoms. The third kappa shape index (κ3) is 7.18. The van der Waals surface area contributed by atoms with Crippen molar-refractivity contribution in [3.8, 4) is 11.1 Å². The molecule has 0 spiro atoms. The van der Waals surface area contributed by atoms with E-state index in [9.17, 15) is 9.90 Å². The van der Waals surface area contributed by atoms with Crippen LogP contribution in [0.15, 0.2) is 109 Å². The number of aromatic nitrogens is 4. The van der Waals surface area contributed by atoms with Crippen molar-refractivity contribution in [3.63, 3.8) is 0 Å². The number of aliphatic hydroxyl groups excluding tert-OH is 1. The normalized spacial score (nSPS) is 18.3. The summed E-state index contributed by atoms with van der Waals surface area (Å²) in [6, 6.07) is 27.6. The minimum atomic E-state index is -0.556. The van der Waals surface area contributed by atoms with Crippen LogP contribution in [-0.4, -0.2) is 43.0 Å². The van der Waals surface area contributed by atoms with Crippen molar-refractivity contribution >= 4 is 17.7 Å². The number of aromatic amines is 1. The Hall–Kier alpha value is -4.35. The smallest absolute Gasteiger partial charge is 0.253 e. The molecule has 0 aliphatic carbocycles. The summed E-state index contributed by atoms with van der Waals surface area (Å²) in [6.07, 6.45) is 4.58. The lowest BCUT2D eigenvalue weighted by molar-refractivity contribution is -0.245. The maximum absolute atomic E-state index is 12.6. The summed E-state index contributed by atoms with van der Waals surface area (Å²) in [5.74, 6) is 0.526. The summed E-state index contributed by atoms with van der Waals surface area (Å²) < 4.78 is 12.9. The van der Waals surface area contributed by atoms with E-state index in [0.717, 1.165) is 38.5 Å². The molecular formula is C33H31N5O4S. The predicted molar refractivity (Wildman–Crippen MR) is 163 cm³/mol. The number of hydrogen-bond donors (Lipinski definition) is 3. The molecule has 0 bridgehead atoms. The van der Waals surface area contributed by atoms with Gasteiger partial charge in [0.15, 0.2) is 11.4 Å². The lowest BCUT2D eigenvalue weighted by atomic mass is 9.97. The van der Waals surface area contributed by atoms with Gasteiger partial charge in [0.25, 0.3) is 5.91 Å². The minimum absolute atomic E-state index is 0.000339. The predicted octanol–water partition coefficient (Wildman–Crippen LogP) is 5.63. The van der Waals surface area contributed by atoms with Crippen LogP contribution in [0.2, 0.25) is 0 Å². The number of carbonyl (C=O) groups excluding carboxylic acids is 1. The zero-order valence-electron chi connectivity index (χ0n) is 23.3. The zero-order chi connectivity index (χ0) is 29.4. The van der Waals surface area contributed by atoms with Crippen molar-refractivity contribution < 1.29 is 19.4 Å². The maximum atomic E-state index is 12.6. The molecule has 1 amide bonds. The summed E-state index contributed by atoms with van der Waals surface area (Å²) >= 11 is 1.56. The summed E-state index contributed by atoms with van der Waals surface area (Å²) in [5.41, 5.74) is 6.41. The van der Waals surface area contributed by atoms with E-state index < -0.39 is 6.29 Å². The van der Waals surface area contributed by atoms with Gasteiger partial charge < -0.3 is 19.9 Å². The third-order valence-corrected chi connectivity index (χ3v) is 8.30. The first-order valence-corrected chi connectivity index (χ1v) is 15.0. The van der Waals surface area contributed by atoms with E-state index in [1.54, 1.807) is 36.3 Å². The van der Waals surface area contributed by atoms with Crippen LogP contribution in [0, 0.1) is 0 Å². The highest BCUT2D eigenvalue weighted by Crippen LogP contribution is 2.39. The number of nitrogens with one attached hydrogen (secondary N) is 2. The molecule has 1 aliphatic rings. The van der Waals surface area contributed by atoms with Crippen LogP contribution < -0.4 is 5.32 Å². The molecule has 9 nitrogen and oxygen atoms in total. The van der Waals surface area contributed by atoms with E-state index in [0.29, 0.717) is 24.3 Å². The number of ether oxygens (including phenoxy) is 2. The molecule has 5 aromatic rings. The third-order valence-electron chi connectivity index (χ3n) is 7.29. The standard InChI is InChI=1S/C33H31N5O4S/c39-19-22-7-9-24(10-8-22)30-16-28(20-43-33-36-21-37-38-33)41-32(42-30)25-13-11-23(12-14-25)29-6-2-1-4-26(29)18-35-31(40)27-5-3-15-34-17-27/h1-15,17,21,28,30,32,39H,16,18-20H2,(H,35,40)(H,36,37,38)/t28-,30+,32+/m1/s1. The highest BCUT2D eigenvalue weighted by Gasteiger charge is 2.32. The average molecular weight is 594 g/mol. The SMILES string of the molecule is O=C(NCc1ccccc1-c1ccc([C@H]2O[C@@H](CSc3ncn[nH]3)C[C@@H](c3ccc(CO)cc3)O2)cc1)c1cccnc1. The van der Waals surface area contributed by atoms with Gasteiger partial charge in [0, 0.05) is 36.7 Å². The highest BCUT2D eigenvalue weighted by molar-refractivity contribution is 7.99. The first-order valence-electron chi connectivity index (χ1n) is 14.0. The molecule has 0 unspecified atom stereocenters. The van der Waals surface area contributed by atoms with Crippen molar-refractivity contribution in [3.05, 3.63) is 131 Å². The number of benzene rings is 3. The van der Waals surface area contributed by atoms with Gasteiger partial charge in [-0.2, -0.15) is 5.10 Å². The van der Waals surface area contributed by atoms with E-state index in [4.69, 9.17) is 9.47 Å². The van der Waals surface area contributed by atoms with Gasteiger partial charge in [-0.1, -0.05) is 84.6 Å². The van der Waals surface area contributed by atoms with Crippen molar-refractivity contribution in [2.75, 3.05) is 5.75 Å². The second-order valence-electron chi connectivity index (χ2n) is 10.2. The molecule has 6 rings (SSSR count). The molecule has 3 heterocycles. The molecule has 3 atom stereocenters. The van der Waals surface area contributed by atoms with Crippen molar-refractivity contribution in [1.29, 1.82) is 0 Å². The van der Waals surface area contributed by atoms with Crippen LogP contribution in [0.4, 0.5) is 0 Å². The molecular weight excluding hydrogens is 562 g/mol. The Labute approximate surface area is 253 Å². The first kappa shape index (κ1) is 28.8. The van der Waals surface area contributed by atoms with E-state index >= 15 is 0 Å². The van der Waals surface area contributed by atoms with Crippen LogP contribution in [-0.2, 0) is 22.6 Å². The minimum Gasteiger partial charge on any atom is -0.392 e. The van der Waals surface area contributed by atoms with Crippen molar-refractivity contribution in [2.45, 2.75) is 43.2 Å². The fourth-order valence-corrected chi connectivity index (χ4v) is 5.81. The number of amides is 1. The first-order chi connectivity index (χ1) is 21.2. The van der Waals surface area contributed by atoms with E-state index in [2.05, 4.69) is 43.7 Å². The Morgan fingerprint density at radius 2 is 1.79 bits per heavy atom. The van der Waals surface area contributed by atoms with Crippen LogP contribution in [0.1, 0.15) is 51.4 Å². The molecule has 0 radical (unpaired) electrons. The molecule has 3 aromatic carbocycles. The number of carbonyl (C=O) groups is 1. The van der Waals surface area contributed by atoms with Gasteiger partial charge in [0.2, 0.25) is 0 Å². The number of H-pyrrole nitrogens is 1. The molecule has 218 valence electrons. The molecule has 1 aliphatic heterocycles. The van der Waals surface area contributed by atoms with E-state index in [-0.39, 0.29) is 24.7 Å². The molecule has 2 aromatic heterocycles. The van der Waals surface area contributed by atoms with Gasteiger partial charge in [0.05, 0.1) is 24.4 Å². The fraction of sp³-hybridized carbons (Fsp3) is 0.212. The van der Waals surface area contributed by atoms with Crippen molar-refractivity contribution in [1.82, 2.24) is 25.5 Å². The Bertz CT molecular complexity index is 1620. The Balaban J connectivity index is 1.18. The fourth-order valence-electron chi connectivity index (χ4n) is 5.01.